The molecule has 0 saturated carbocycles. The molecule has 0 fully saturated rings. The maximum absolute atomic E-state index is 12.5. The van der Waals surface area contributed by atoms with Gasteiger partial charge in [0.15, 0.2) is 5.84 Å². The van der Waals surface area contributed by atoms with Crippen LogP contribution in [0, 0.1) is 6.92 Å². The van der Waals surface area contributed by atoms with E-state index >= 15 is 0 Å². The number of nitrogens with zero attached hydrogens (tertiary/aromatic N) is 4. The number of halogens is 3. The van der Waals surface area contributed by atoms with Gasteiger partial charge in [-0.3, -0.25) is 9.97 Å². The average Bonchev–Trinajstić information content (AvgIpc) is 3.05. The standard InChI is InChI=1S/C14H12F3N5O2/c1-8-5-20-10(6-19-8)7-23-11-4-9(2-3-18-11)12-21-13(24-22-12)14(15,16)17/h2-6,13H,7H2,1H3,(H,21,22). The first kappa shape index (κ1) is 16.1. The van der Waals surface area contributed by atoms with Gasteiger partial charge in [0.05, 0.1) is 17.6 Å². The van der Waals surface area contributed by atoms with Crippen molar-refractivity contribution in [2.45, 2.75) is 25.9 Å². The van der Waals surface area contributed by atoms with Crippen molar-refractivity contribution in [1.29, 1.82) is 0 Å². The minimum atomic E-state index is -4.58. The van der Waals surface area contributed by atoms with Gasteiger partial charge in [-0.1, -0.05) is 0 Å². The minimum absolute atomic E-state index is 0.0419. The molecule has 10 heteroatoms. The second-order valence-corrected chi connectivity index (χ2v) is 4.91. The molecule has 1 unspecified atom stereocenters. The third-order valence-corrected chi connectivity index (χ3v) is 3.00. The molecule has 3 heterocycles. The van der Waals surface area contributed by atoms with Crippen LogP contribution in [0.15, 0.2) is 35.7 Å². The summed E-state index contributed by atoms with van der Waals surface area (Å²) in [7, 11) is 0. The number of hydrogen-bond donors (Lipinski definition) is 1. The van der Waals surface area contributed by atoms with Crippen molar-refractivity contribution in [1.82, 2.24) is 20.4 Å². The van der Waals surface area contributed by atoms with Crippen molar-refractivity contribution in [3.63, 3.8) is 0 Å². The average molecular weight is 339 g/mol. The van der Waals surface area contributed by atoms with Crippen LogP contribution in [0.1, 0.15) is 17.0 Å². The molecule has 0 bridgehead atoms. The molecule has 1 aliphatic heterocycles. The van der Waals surface area contributed by atoms with Gasteiger partial charge in [-0.05, 0) is 13.0 Å². The van der Waals surface area contributed by atoms with Gasteiger partial charge in [0.25, 0.3) is 6.23 Å². The number of aryl methyl sites for hydroxylation is 1. The third-order valence-electron chi connectivity index (χ3n) is 3.00. The van der Waals surface area contributed by atoms with Crippen molar-refractivity contribution < 1.29 is 22.7 Å². The summed E-state index contributed by atoms with van der Waals surface area (Å²) >= 11 is 0. The number of rotatable bonds is 4. The summed E-state index contributed by atoms with van der Waals surface area (Å²) in [6.07, 6.45) is -2.23. The van der Waals surface area contributed by atoms with Crippen LogP contribution >= 0.6 is 0 Å². The molecule has 126 valence electrons. The van der Waals surface area contributed by atoms with Gasteiger partial charge in [0, 0.05) is 24.0 Å². The van der Waals surface area contributed by atoms with E-state index in [4.69, 9.17) is 4.74 Å². The maximum atomic E-state index is 12.5. The second-order valence-electron chi connectivity index (χ2n) is 4.91. The van der Waals surface area contributed by atoms with Crippen molar-refractivity contribution in [2.75, 3.05) is 0 Å². The SMILES string of the molecule is Cc1cnc(COc2cc(C3=NC(C(F)(F)F)ON3)ccn2)cn1. The Hall–Kier alpha value is -2.75. The molecule has 1 atom stereocenters. The summed E-state index contributed by atoms with van der Waals surface area (Å²) in [6, 6.07) is 2.95. The predicted octanol–water partition coefficient (Wildman–Crippen LogP) is 1.93. The van der Waals surface area contributed by atoms with Crippen molar-refractivity contribution in [2.24, 2.45) is 4.99 Å². The normalized spacial score (nSPS) is 17.3. The Morgan fingerprint density at radius 2 is 2.08 bits per heavy atom. The van der Waals surface area contributed by atoms with E-state index in [0.29, 0.717) is 11.3 Å². The molecule has 0 radical (unpaired) electrons. The van der Waals surface area contributed by atoms with Crippen LogP contribution in [0.5, 0.6) is 5.88 Å². The maximum Gasteiger partial charge on any atom is 0.437 e. The Labute approximate surface area is 134 Å². The van der Waals surface area contributed by atoms with Crippen LogP contribution in [-0.2, 0) is 11.4 Å². The zero-order valence-corrected chi connectivity index (χ0v) is 12.4. The van der Waals surface area contributed by atoms with Crippen LogP contribution in [0.2, 0.25) is 0 Å². The van der Waals surface area contributed by atoms with Crippen LogP contribution in [0.3, 0.4) is 0 Å². The number of aromatic nitrogens is 3. The highest BCUT2D eigenvalue weighted by atomic mass is 19.4. The fourth-order valence-electron chi connectivity index (χ4n) is 1.83. The molecule has 1 aliphatic rings. The van der Waals surface area contributed by atoms with Crippen LogP contribution < -0.4 is 10.2 Å². The first-order valence-electron chi connectivity index (χ1n) is 6.85. The smallest absolute Gasteiger partial charge is 0.437 e. The molecule has 0 spiro atoms. The van der Waals surface area contributed by atoms with E-state index in [1.54, 1.807) is 12.4 Å². The summed E-state index contributed by atoms with van der Waals surface area (Å²) in [4.78, 5) is 20.1. The van der Waals surface area contributed by atoms with Crippen LogP contribution in [-0.4, -0.2) is 33.2 Å². The molecule has 7 nitrogen and oxygen atoms in total. The molecular formula is C14H12F3N5O2. The van der Waals surface area contributed by atoms with E-state index < -0.39 is 12.4 Å². The number of ether oxygens (including phenoxy) is 1. The lowest BCUT2D eigenvalue weighted by Crippen LogP contribution is -2.29. The number of aliphatic imine (C=N–C) groups is 1. The third kappa shape index (κ3) is 3.77. The van der Waals surface area contributed by atoms with E-state index in [-0.39, 0.29) is 18.3 Å². The zero-order chi connectivity index (χ0) is 17.2. The molecule has 1 N–H and O–H groups in total. The second kappa shape index (κ2) is 6.40. The van der Waals surface area contributed by atoms with Gasteiger partial charge in [-0.15, -0.1) is 0 Å². The molecule has 2 aromatic rings. The van der Waals surface area contributed by atoms with E-state index in [9.17, 15) is 13.2 Å². The monoisotopic (exact) mass is 339 g/mol. The Kier molecular flexibility index (Phi) is 4.30. The quantitative estimate of drug-likeness (QED) is 0.917. The van der Waals surface area contributed by atoms with Crippen LogP contribution in [0.25, 0.3) is 0 Å². The Balaban J connectivity index is 1.69. The predicted molar refractivity (Wildman–Crippen MR) is 75.9 cm³/mol. The number of nitrogens with one attached hydrogen (secondary N) is 1. The summed E-state index contributed by atoms with van der Waals surface area (Å²) in [5.41, 5.74) is 3.91. The topological polar surface area (TPSA) is 81.5 Å². The number of hydrogen-bond acceptors (Lipinski definition) is 7. The number of pyridine rings is 1. The zero-order valence-electron chi connectivity index (χ0n) is 12.4. The van der Waals surface area contributed by atoms with Gasteiger partial charge in [-0.2, -0.15) is 13.2 Å². The van der Waals surface area contributed by atoms with Crippen LogP contribution in [0.4, 0.5) is 13.2 Å². The van der Waals surface area contributed by atoms with E-state index in [1.165, 1.54) is 18.3 Å². The summed E-state index contributed by atoms with van der Waals surface area (Å²) < 4.78 is 43.1. The number of alkyl halides is 3. The van der Waals surface area contributed by atoms with E-state index in [2.05, 4.69) is 30.3 Å². The van der Waals surface area contributed by atoms with Gasteiger partial charge in [0.1, 0.15) is 6.61 Å². The Morgan fingerprint density at radius 3 is 2.75 bits per heavy atom. The fourth-order valence-corrected chi connectivity index (χ4v) is 1.83. The highest BCUT2D eigenvalue weighted by Crippen LogP contribution is 2.26. The molecule has 0 saturated heterocycles. The summed E-state index contributed by atoms with van der Waals surface area (Å²) in [5, 5.41) is 0. The van der Waals surface area contributed by atoms with Gasteiger partial charge < -0.3 is 4.74 Å². The van der Waals surface area contributed by atoms with Gasteiger partial charge >= 0.3 is 6.18 Å². The Bertz CT molecular complexity index is 749. The van der Waals surface area contributed by atoms with Crippen molar-refractivity contribution in [3.8, 4) is 5.88 Å². The van der Waals surface area contributed by atoms with Crippen molar-refractivity contribution in [3.05, 3.63) is 47.7 Å². The molecule has 24 heavy (non-hydrogen) atoms. The van der Waals surface area contributed by atoms with E-state index in [1.807, 2.05) is 6.92 Å². The first-order chi connectivity index (χ1) is 11.4. The van der Waals surface area contributed by atoms with E-state index in [0.717, 1.165) is 5.69 Å². The van der Waals surface area contributed by atoms with Gasteiger partial charge in [-0.25, -0.2) is 20.3 Å². The molecular weight excluding hydrogens is 327 g/mol. The fraction of sp³-hybridized carbons (Fsp3) is 0.286. The highest BCUT2D eigenvalue weighted by Gasteiger charge is 2.44. The molecule has 3 rings (SSSR count). The highest BCUT2D eigenvalue weighted by molar-refractivity contribution is 5.99. The summed E-state index contributed by atoms with van der Waals surface area (Å²) in [6.45, 7) is 1.94. The molecule has 0 amide bonds. The first-order valence-corrected chi connectivity index (χ1v) is 6.85. The number of amidine groups is 1. The van der Waals surface area contributed by atoms with Gasteiger partial charge in [0.2, 0.25) is 5.88 Å². The molecule has 2 aromatic heterocycles. The lowest BCUT2D eigenvalue weighted by molar-refractivity contribution is -0.220. The Morgan fingerprint density at radius 1 is 1.25 bits per heavy atom. The largest absolute Gasteiger partial charge is 0.471 e. The molecule has 0 aromatic carbocycles. The van der Waals surface area contributed by atoms with Crippen molar-refractivity contribution >= 4 is 5.84 Å². The number of hydroxylamine groups is 1. The minimum Gasteiger partial charge on any atom is -0.471 e. The lowest BCUT2D eigenvalue weighted by atomic mass is 10.2. The lowest BCUT2D eigenvalue weighted by Gasteiger charge is -2.08. The molecule has 0 aliphatic carbocycles. The summed E-state index contributed by atoms with van der Waals surface area (Å²) in [5.74, 6) is 0.175.